The quantitative estimate of drug-likeness (QED) is 0.296. The van der Waals surface area contributed by atoms with Gasteiger partial charge in [0.05, 0.1) is 23.2 Å². The first-order valence-electron chi connectivity index (χ1n) is 12.4. The van der Waals surface area contributed by atoms with Crippen LogP contribution in [-0.2, 0) is 16.0 Å². The van der Waals surface area contributed by atoms with Gasteiger partial charge in [-0.25, -0.2) is 13.2 Å². The van der Waals surface area contributed by atoms with E-state index in [4.69, 9.17) is 5.73 Å². The van der Waals surface area contributed by atoms with Crippen LogP contribution < -0.4 is 16.4 Å². The molecule has 4 aromatic rings. The number of nitrogens with one attached hydrogen (secondary N) is 2. The number of fused-ring (bicyclic) bond motifs is 1. The molecule has 2 heterocycles. The maximum Gasteiger partial charge on any atom is 0.251 e. The van der Waals surface area contributed by atoms with E-state index in [9.17, 15) is 27.6 Å². The molecule has 0 aliphatic carbocycles. The SMILES string of the molecule is NC(=O)c1cc(-c2cccnc2[C@H](Cc2cccc(F)c2)NC(=O)CC2C(=O)Nc3ccc(F)cc32)ccc1F. The molecule has 0 saturated carbocycles. The molecule has 0 fully saturated rings. The third kappa shape index (κ3) is 5.56. The van der Waals surface area contributed by atoms with Gasteiger partial charge in [-0.15, -0.1) is 0 Å². The first-order valence-corrected chi connectivity index (χ1v) is 12.4. The van der Waals surface area contributed by atoms with Gasteiger partial charge in [-0.3, -0.25) is 19.4 Å². The molecule has 40 heavy (non-hydrogen) atoms. The average molecular weight is 545 g/mol. The number of anilines is 1. The minimum Gasteiger partial charge on any atom is -0.366 e. The second-order valence-corrected chi connectivity index (χ2v) is 9.43. The number of halogens is 3. The molecule has 4 N–H and O–H groups in total. The Hall–Kier alpha value is -4.99. The zero-order valence-electron chi connectivity index (χ0n) is 21.0. The Morgan fingerprint density at radius 1 is 0.975 bits per heavy atom. The molecule has 3 amide bonds. The van der Waals surface area contributed by atoms with Gasteiger partial charge in [0, 0.05) is 23.9 Å². The van der Waals surface area contributed by atoms with Gasteiger partial charge in [-0.1, -0.05) is 24.3 Å². The zero-order chi connectivity index (χ0) is 28.4. The van der Waals surface area contributed by atoms with Crippen molar-refractivity contribution in [1.82, 2.24) is 10.3 Å². The van der Waals surface area contributed by atoms with Crippen LogP contribution in [0.1, 0.15) is 45.6 Å². The number of hydrogen-bond acceptors (Lipinski definition) is 4. The molecule has 1 aliphatic heterocycles. The second-order valence-electron chi connectivity index (χ2n) is 9.43. The van der Waals surface area contributed by atoms with E-state index in [-0.39, 0.29) is 18.4 Å². The van der Waals surface area contributed by atoms with Gasteiger partial charge < -0.3 is 16.4 Å². The van der Waals surface area contributed by atoms with Gasteiger partial charge in [-0.05, 0) is 71.6 Å². The molecule has 0 bridgehead atoms. The van der Waals surface area contributed by atoms with E-state index in [2.05, 4.69) is 15.6 Å². The summed E-state index contributed by atoms with van der Waals surface area (Å²) >= 11 is 0. The Balaban J connectivity index is 1.50. The van der Waals surface area contributed by atoms with Crippen LogP contribution in [-0.4, -0.2) is 22.7 Å². The Bertz CT molecular complexity index is 1640. The van der Waals surface area contributed by atoms with Crippen molar-refractivity contribution in [2.45, 2.75) is 24.8 Å². The summed E-state index contributed by atoms with van der Waals surface area (Å²) in [5, 5.41) is 5.54. The molecule has 2 atom stereocenters. The monoisotopic (exact) mass is 544 g/mol. The van der Waals surface area contributed by atoms with Crippen LogP contribution in [0, 0.1) is 17.5 Å². The number of carbonyl (C=O) groups excluding carboxylic acids is 3. The fourth-order valence-corrected chi connectivity index (χ4v) is 4.87. The van der Waals surface area contributed by atoms with Crippen LogP contribution in [0.4, 0.5) is 18.9 Å². The molecule has 5 rings (SSSR count). The highest BCUT2D eigenvalue weighted by Crippen LogP contribution is 2.36. The van der Waals surface area contributed by atoms with Crippen molar-refractivity contribution in [3.05, 3.63) is 119 Å². The summed E-state index contributed by atoms with van der Waals surface area (Å²) in [6.07, 6.45) is 1.36. The van der Waals surface area contributed by atoms with Gasteiger partial charge >= 0.3 is 0 Å². The predicted molar refractivity (Wildman–Crippen MR) is 142 cm³/mol. The van der Waals surface area contributed by atoms with Gasteiger partial charge in [0.2, 0.25) is 11.8 Å². The lowest BCUT2D eigenvalue weighted by Gasteiger charge is -2.22. The molecule has 1 aromatic heterocycles. The summed E-state index contributed by atoms with van der Waals surface area (Å²) in [6.45, 7) is 0. The van der Waals surface area contributed by atoms with Gasteiger partial charge in [0.25, 0.3) is 5.91 Å². The number of nitrogens with zero attached hydrogens (tertiary/aromatic N) is 1. The third-order valence-corrected chi connectivity index (χ3v) is 6.73. The van der Waals surface area contributed by atoms with Crippen LogP contribution in [0.2, 0.25) is 0 Å². The normalized spacial score (nSPS) is 14.8. The smallest absolute Gasteiger partial charge is 0.251 e. The predicted octanol–water partition coefficient (Wildman–Crippen LogP) is 4.79. The maximum atomic E-state index is 14.2. The molecule has 3 aromatic carbocycles. The molecule has 0 saturated heterocycles. The summed E-state index contributed by atoms with van der Waals surface area (Å²) in [7, 11) is 0. The Morgan fingerprint density at radius 3 is 2.55 bits per heavy atom. The summed E-state index contributed by atoms with van der Waals surface area (Å²) in [4.78, 5) is 42.1. The summed E-state index contributed by atoms with van der Waals surface area (Å²) in [6, 6.07) is 16.1. The van der Waals surface area contributed by atoms with E-state index in [1.165, 1.54) is 54.7 Å². The molecular formula is C30H23F3N4O3. The van der Waals surface area contributed by atoms with Crippen molar-refractivity contribution >= 4 is 23.4 Å². The molecule has 0 spiro atoms. The van der Waals surface area contributed by atoms with Gasteiger partial charge in [0.1, 0.15) is 17.5 Å². The summed E-state index contributed by atoms with van der Waals surface area (Å²) < 4.78 is 42.1. The lowest BCUT2D eigenvalue weighted by molar-refractivity contribution is -0.125. The lowest BCUT2D eigenvalue weighted by atomic mass is 9.93. The largest absolute Gasteiger partial charge is 0.366 e. The van der Waals surface area contributed by atoms with Crippen molar-refractivity contribution in [2.75, 3.05) is 5.32 Å². The van der Waals surface area contributed by atoms with E-state index in [1.807, 2.05) is 0 Å². The van der Waals surface area contributed by atoms with Crippen LogP contribution in [0.25, 0.3) is 11.1 Å². The number of aromatic nitrogens is 1. The number of nitrogens with two attached hydrogens (primary N) is 1. The average Bonchev–Trinajstić information content (AvgIpc) is 3.22. The molecular weight excluding hydrogens is 521 g/mol. The highest BCUT2D eigenvalue weighted by molar-refractivity contribution is 6.05. The van der Waals surface area contributed by atoms with Crippen molar-refractivity contribution in [3.8, 4) is 11.1 Å². The lowest BCUT2D eigenvalue weighted by Crippen LogP contribution is -2.33. The van der Waals surface area contributed by atoms with Crippen LogP contribution in [0.5, 0.6) is 0 Å². The van der Waals surface area contributed by atoms with Crippen molar-refractivity contribution < 1.29 is 27.6 Å². The first kappa shape index (κ1) is 26.6. The Kier molecular flexibility index (Phi) is 7.33. The van der Waals surface area contributed by atoms with Crippen molar-refractivity contribution in [1.29, 1.82) is 0 Å². The van der Waals surface area contributed by atoms with Crippen molar-refractivity contribution in [2.24, 2.45) is 5.73 Å². The standard InChI is InChI=1S/C30H23F3N4O3/c31-18-4-1-3-16(11-18)12-26(36-27(38)15-22-21-14-19(32)7-9-25(21)37-30(22)40)28-20(5-2-10-35-28)17-6-8-24(33)23(13-17)29(34)39/h1-11,13-14,22,26H,12,15H2,(H2,34,39)(H,36,38)(H,37,40)/t22?,26-/m0/s1. The maximum absolute atomic E-state index is 14.2. The topological polar surface area (TPSA) is 114 Å². The molecule has 0 radical (unpaired) electrons. The molecule has 10 heteroatoms. The highest BCUT2D eigenvalue weighted by Gasteiger charge is 2.33. The fourth-order valence-electron chi connectivity index (χ4n) is 4.87. The summed E-state index contributed by atoms with van der Waals surface area (Å²) in [5.41, 5.74) is 7.68. The zero-order valence-corrected chi connectivity index (χ0v) is 21.0. The number of benzene rings is 3. The fraction of sp³-hybridized carbons (Fsp3) is 0.133. The molecule has 1 aliphatic rings. The van der Waals surface area contributed by atoms with E-state index >= 15 is 0 Å². The Morgan fingerprint density at radius 2 is 1.77 bits per heavy atom. The highest BCUT2D eigenvalue weighted by atomic mass is 19.1. The van der Waals surface area contributed by atoms with Gasteiger partial charge in [-0.2, -0.15) is 0 Å². The minimum absolute atomic E-state index is 0.124. The van der Waals surface area contributed by atoms with Crippen molar-refractivity contribution in [3.63, 3.8) is 0 Å². The number of carbonyl (C=O) groups is 3. The molecule has 7 nitrogen and oxygen atoms in total. The van der Waals surface area contributed by atoms with Crippen LogP contribution in [0.3, 0.4) is 0 Å². The third-order valence-electron chi connectivity index (χ3n) is 6.73. The number of pyridine rings is 1. The Labute approximate surface area is 227 Å². The second kappa shape index (κ2) is 11.0. The number of amides is 3. The first-order chi connectivity index (χ1) is 19.2. The van der Waals surface area contributed by atoms with Crippen LogP contribution in [0.15, 0.2) is 79.0 Å². The minimum atomic E-state index is -0.944. The van der Waals surface area contributed by atoms with Crippen LogP contribution >= 0.6 is 0 Å². The number of primary amides is 1. The number of hydrogen-bond donors (Lipinski definition) is 3. The van der Waals surface area contributed by atoms with E-state index < -0.39 is 47.1 Å². The number of rotatable bonds is 8. The van der Waals surface area contributed by atoms with E-state index in [0.717, 1.165) is 6.07 Å². The van der Waals surface area contributed by atoms with E-state index in [1.54, 1.807) is 18.2 Å². The van der Waals surface area contributed by atoms with E-state index in [0.29, 0.717) is 33.6 Å². The summed E-state index contributed by atoms with van der Waals surface area (Å²) in [5.74, 6) is -4.57. The van der Waals surface area contributed by atoms with Gasteiger partial charge in [0.15, 0.2) is 0 Å². The molecule has 1 unspecified atom stereocenters. The molecule has 202 valence electrons.